The zero-order chi connectivity index (χ0) is 21.1. The minimum absolute atomic E-state index is 0.00930. The topological polar surface area (TPSA) is 95.8 Å². The van der Waals surface area contributed by atoms with Gasteiger partial charge in [-0.3, -0.25) is 15.0 Å². The molecule has 0 amide bonds. The van der Waals surface area contributed by atoms with Crippen molar-refractivity contribution in [2.24, 2.45) is 0 Å². The van der Waals surface area contributed by atoms with E-state index in [0.717, 1.165) is 38.8 Å². The molecule has 2 aliphatic heterocycles. The molecule has 162 valence electrons. The van der Waals surface area contributed by atoms with Crippen LogP contribution in [0, 0.1) is 10.1 Å². The Bertz CT molecular complexity index is 982. The van der Waals surface area contributed by atoms with Crippen molar-refractivity contribution in [3.8, 4) is 0 Å². The molecule has 0 bridgehead atoms. The van der Waals surface area contributed by atoms with Crippen LogP contribution in [0.25, 0.3) is 0 Å². The molecular weight excluding hydrogens is 424 g/mol. The number of nitro groups is 1. The van der Waals surface area contributed by atoms with Crippen LogP contribution < -0.4 is 5.32 Å². The fourth-order valence-corrected chi connectivity index (χ4v) is 6.77. The highest BCUT2D eigenvalue weighted by molar-refractivity contribution is 7.89. The highest BCUT2D eigenvalue weighted by Crippen LogP contribution is 2.33. The van der Waals surface area contributed by atoms with Gasteiger partial charge in [-0.2, -0.15) is 4.31 Å². The highest BCUT2D eigenvalue weighted by atomic mass is 32.2. The minimum Gasteiger partial charge on any atom is -0.382 e. The molecule has 2 fully saturated rings. The first-order chi connectivity index (χ1) is 14.5. The molecule has 2 aromatic rings. The van der Waals surface area contributed by atoms with Gasteiger partial charge in [0.1, 0.15) is 4.90 Å². The maximum absolute atomic E-state index is 13.2. The van der Waals surface area contributed by atoms with Gasteiger partial charge in [-0.25, -0.2) is 8.42 Å². The normalized spacial score (nSPS) is 19.2. The number of benzene rings is 1. The average molecular weight is 451 g/mol. The lowest BCUT2D eigenvalue weighted by Gasteiger charge is -2.28. The summed E-state index contributed by atoms with van der Waals surface area (Å²) in [6.45, 7) is 3.49. The molecule has 2 saturated heterocycles. The lowest BCUT2D eigenvalue weighted by atomic mass is 10.2. The number of sulfonamides is 1. The van der Waals surface area contributed by atoms with Crippen molar-refractivity contribution >= 4 is 32.7 Å². The minimum atomic E-state index is -3.79. The van der Waals surface area contributed by atoms with Gasteiger partial charge >= 0.3 is 0 Å². The molecule has 1 aromatic carbocycles. The standard InChI is InChI=1S/C20H26N4O4S2/c25-24(26)16-7-8-17(20(14-16)30(27,28)23-11-3-4-12-23)21-15-18(19-6-5-13-29-19)22-9-1-2-10-22/h5-8,13-14,18,21H,1-4,9-12,15H2. The Kier molecular flexibility index (Phi) is 6.37. The fraction of sp³-hybridized carbons (Fsp3) is 0.500. The summed E-state index contributed by atoms with van der Waals surface area (Å²) in [5.41, 5.74) is 0.209. The lowest BCUT2D eigenvalue weighted by Crippen LogP contribution is -2.32. The molecule has 2 aliphatic rings. The van der Waals surface area contributed by atoms with Crippen molar-refractivity contribution in [2.75, 3.05) is 38.0 Å². The maximum atomic E-state index is 13.2. The Balaban J connectivity index is 1.63. The smallest absolute Gasteiger partial charge is 0.270 e. The number of likely N-dealkylation sites (tertiary alicyclic amines) is 1. The van der Waals surface area contributed by atoms with Gasteiger partial charge in [0.05, 0.1) is 16.7 Å². The molecule has 1 aromatic heterocycles. The van der Waals surface area contributed by atoms with Crippen LogP contribution in [-0.2, 0) is 10.0 Å². The number of non-ortho nitro benzene ring substituents is 1. The van der Waals surface area contributed by atoms with Crippen molar-refractivity contribution in [1.29, 1.82) is 0 Å². The number of hydrogen-bond acceptors (Lipinski definition) is 7. The third kappa shape index (κ3) is 4.36. The number of nitrogens with one attached hydrogen (secondary N) is 1. The van der Waals surface area contributed by atoms with Crippen molar-refractivity contribution in [3.63, 3.8) is 0 Å². The Labute approximate surface area is 180 Å². The van der Waals surface area contributed by atoms with E-state index in [1.54, 1.807) is 11.3 Å². The Morgan fingerprint density at radius 2 is 1.80 bits per heavy atom. The first-order valence-electron chi connectivity index (χ1n) is 10.3. The highest BCUT2D eigenvalue weighted by Gasteiger charge is 2.32. The average Bonchev–Trinajstić information content (AvgIpc) is 3.51. The predicted octanol–water partition coefficient (Wildman–Crippen LogP) is 3.69. The number of nitrogens with zero attached hydrogens (tertiary/aromatic N) is 3. The summed E-state index contributed by atoms with van der Waals surface area (Å²) in [6.07, 6.45) is 3.95. The van der Waals surface area contributed by atoms with Crippen molar-refractivity contribution in [1.82, 2.24) is 9.21 Å². The van der Waals surface area contributed by atoms with Crippen molar-refractivity contribution < 1.29 is 13.3 Å². The third-order valence-corrected chi connectivity index (χ3v) is 8.71. The largest absolute Gasteiger partial charge is 0.382 e. The summed E-state index contributed by atoms with van der Waals surface area (Å²) < 4.78 is 27.9. The number of thiophene rings is 1. The van der Waals surface area contributed by atoms with E-state index in [9.17, 15) is 18.5 Å². The molecule has 3 heterocycles. The molecule has 0 saturated carbocycles. The summed E-state index contributed by atoms with van der Waals surface area (Å²) in [6, 6.07) is 8.35. The van der Waals surface area contributed by atoms with Crippen LogP contribution in [0.3, 0.4) is 0 Å². The van der Waals surface area contributed by atoms with E-state index in [1.165, 1.54) is 27.4 Å². The predicted molar refractivity (Wildman–Crippen MR) is 117 cm³/mol. The van der Waals surface area contributed by atoms with Gasteiger partial charge < -0.3 is 5.32 Å². The summed E-state index contributed by atoms with van der Waals surface area (Å²) in [4.78, 5) is 14.4. The summed E-state index contributed by atoms with van der Waals surface area (Å²) >= 11 is 1.69. The molecular formula is C20H26N4O4S2. The van der Waals surface area contributed by atoms with Crippen LogP contribution in [0.1, 0.15) is 36.6 Å². The van der Waals surface area contributed by atoms with E-state index < -0.39 is 14.9 Å². The van der Waals surface area contributed by atoms with Crippen LogP contribution in [-0.4, -0.2) is 55.3 Å². The second kappa shape index (κ2) is 9.01. The summed E-state index contributed by atoms with van der Waals surface area (Å²) in [5.74, 6) is 0. The van der Waals surface area contributed by atoms with E-state index in [2.05, 4.69) is 16.3 Å². The van der Waals surface area contributed by atoms with E-state index in [1.807, 2.05) is 11.4 Å². The maximum Gasteiger partial charge on any atom is 0.270 e. The molecule has 1 atom stereocenters. The van der Waals surface area contributed by atoms with Crippen molar-refractivity contribution in [2.45, 2.75) is 36.6 Å². The van der Waals surface area contributed by atoms with Crippen LogP contribution >= 0.6 is 11.3 Å². The van der Waals surface area contributed by atoms with E-state index >= 15 is 0 Å². The van der Waals surface area contributed by atoms with Crippen LogP contribution in [0.15, 0.2) is 40.6 Å². The molecule has 0 aliphatic carbocycles. The molecule has 8 nitrogen and oxygen atoms in total. The molecule has 1 unspecified atom stereocenters. The first kappa shape index (κ1) is 21.2. The molecule has 30 heavy (non-hydrogen) atoms. The summed E-state index contributed by atoms with van der Waals surface area (Å²) in [5, 5.41) is 16.6. The number of nitro benzene ring substituents is 1. The van der Waals surface area contributed by atoms with Gasteiger partial charge in [-0.1, -0.05) is 6.07 Å². The van der Waals surface area contributed by atoms with Crippen LogP contribution in [0.2, 0.25) is 0 Å². The Morgan fingerprint density at radius 3 is 2.43 bits per heavy atom. The quantitative estimate of drug-likeness (QED) is 0.487. The lowest BCUT2D eigenvalue weighted by molar-refractivity contribution is -0.385. The van der Waals surface area contributed by atoms with E-state index in [4.69, 9.17) is 0 Å². The van der Waals surface area contributed by atoms with Crippen molar-refractivity contribution in [3.05, 3.63) is 50.7 Å². The van der Waals surface area contributed by atoms with E-state index in [-0.39, 0.29) is 16.6 Å². The number of hydrogen-bond donors (Lipinski definition) is 1. The zero-order valence-electron chi connectivity index (χ0n) is 16.7. The number of anilines is 1. The summed E-state index contributed by atoms with van der Waals surface area (Å²) in [7, 11) is -3.79. The van der Waals surface area contributed by atoms with Crippen LogP contribution in [0.5, 0.6) is 0 Å². The molecule has 4 rings (SSSR count). The Morgan fingerprint density at radius 1 is 1.10 bits per heavy atom. The first-order valence-corrected chi connectivity index (χ1v) is 12.6. The van der Waals surface area contributed by atoms with Gasteiger partial charge in [-0.15, -0.1) is 11.3 Å². The number of rotatable bonds is 8. The Hall–Kier alpha value is -2.01. The van der Waals surface area contributed by atoms with Gasteiger partial charge in [0.15, 0.2) is 0 Å². The fourth-order valence-electron chi connectivity index (χ4n) is 4.20. The monoisotopic (exact) mass is 450 g/mol. The second-order valence-electron chi connectivity index (χ2n) is 7.70. The molecule has 10 heteroatoms. The molecule has 1 N–H and O–H groups in total. The van der Waals surface area contributed by atoms with E-state index in [0.29, 0.717) is 25.3 Å². The van der Waals surface area contributed by atoms with Gasteiger partial charge in [0.2, 0.25) is 10.0 Å². The van der Waals surface area contributed by atoms with Gasteiger partial charge in [0, 0.05) is 36.6 Å². The zero-order valence-corrected chi connectivity index (χ0v) is 18.3. The second-order valence-corrected chi connectivity index (χ2v) is 10.6. The third-order valence-electron chi connectivity index (χ3n) is 5.80. The molecule has 0 spiro atoms. The van der Waals surface area contributed by atoms with Gasteiger partial charge in [0.25, 0.3) is 5.69 Å². The SMILES string of the molecule is O=[N+]([O-])c1ccc(NCC(c2cccs2)N2CCCC2)c(S(=O)(=O)N2CCCC2)c1. The van der Waals surface area contributed by atoms with Gasteiger partial charge in [-0.05, 0) is 56.3 Å². The molecule has 0 radical (unpaired) electrons. The van der Waals surface area contributed by atoms with Crippen LogP contribution in [0.4, 0.5) is 11.4 Å².